The van der Waals surface area contributed by atoms with E-state index in [0.717, 1.165) is 30.7 Å². The lowest BCUT2D eigenvalue weighted by Crippen LogP contribution is -2.33. The lowest BCUT2D eigenvalue weighted by atomic mass is 10.2. The van der Waals surface area contributed by atoms with Crippen LogP contribution >= 0.6 is 0 Å². The first-order valence-corrected chi connectivity index (χ1v) is 6.12. The van der Waals surface area contributed by atoms with Crippen molar-refractivity contribution >= 4 is 5.91 Å². The van der Waals surface area contributed by atoms with E-state index in [4.69, 9.17) is 4.42 Å². The lowest BCUT2D eigenvalue weighted by Gasteiger charge is -2.20. The van der Waals surface area contributed by atoms with Gasteiger partial charge in [0.05, 0.1) is 12.6 Å². The maximum atomic E-state index is 12.2. The molecule has 0 fully saturated rings. The summed E-state index contributed by atoms with van der Waals surface area (Å²) in [6.07, 6.45) is 8.73. The minimum absolute atomic E-state index is 0.127. The summed E-state index contributed by atoms with van der Waals surface area (Å²) >= 11 is 0. The van der Waals surface area contributed by atoms with Crippen LogP contribution in [0.15, 0.2) is 35.5 Å². The summed E-state index contributed by atoms with van der Waals surface area (Å²) in [5.74, 6) is 1.15. The van der Waals surface area contributed by atoms with Crippen LogP contribution in [0.25, 0.3) is 0 Å². The first kappa shape index (κ1) is 11.1. The Bertz CT molecular complexity index is 530. The summed E-state index contributed by atoms with van der Waals surface area (Å²) < 4.78 is 7.21. The highest BCUT2D eigenvalue weighted by Crippen LogP contribution is 2.19. The van der Waals surface area contributed by atoms with Crippen molar-refractivity contribution in [3.8, 4) is 0 Å². The van der Waals surface area contributed by atoms with Crippen molar-refractivity contribution in [3.05, 3.63) is 42.4 Å². The SMILES string of the molecule is O=C(Cn1ccnc1)N1CCCc2occc2C1. The summed E-state index contributed by atoms with van der Waals surface area (Å²) in [5, 5.41) is 0. The number of hydrogen-bond acceptors (Lipinski definition) is 3. The Hall–Kier alpha value is -2.04. The largest absolute Gasteiger partial charge is 0.469 e. The van der Waals surface area contributed by atoms with Gasteiger partial charge in [-0.15, -0.1) is 0 Å². The first-order chi connectivity index (χ1) is 8.83. The van der Waals surface area contributed by atoms with Crippen LogP contribution in [-0.4, -0.2) is 26.9 Å². The number of imidazole rings is 1. The molecule has 3 heterocycles. The summed E-state index contributed by atoms with van der Waals surface area (Å²) in [5.41, 5.74) is 1.13. The molecule has 3 rings (SSSR count). The molecule has 1 amide bonds. The Labute approximate surface area is 105 Å². The minimum atomic E-state index is 0.127. The van der Waals surface area contributed by atoms with Gasteiger partial charge in [-0.25, -0.2) is 4.98 Å². The van der Waals surface area contributed by atoms with Crippen molar-refractivity contribution in [3.63, 3.8) is 0 Å². The third-order valence-corrected chi connectivity index (χ3v) is 3.26. The predicted molar refractivity (Wildman–Crippen MR) is 64.7 cm³/mol. The molecule has 5 heteroatoms. The fraction of sp³-hybridized carbons (Fsp3) is 0.385. The van der Waals surface area contributed by atoms with Crippen LogP contribution in [0.4, 0.5) is 0 Å². The summed E-state index contributed by atoms with van der Waals surface area (Å²) in [4.78, 5) is 18.0. The van der Waals surface area contributed by atoms with E-state index >= 15 is 0 Å². The summed E-state index contributed by atoms with van der Waals surface area (Å²) in [6, 6.07) is 1.96. The third-order valence-electron chi connectivity index (χ3n) is 3.26. The molecule has 1 aliphatic rings. The van der Waals surface area contributed by atoms with Gasteiger partial charge in [-0.1, -0.05) is 0 Å². The van der Waals surface area contributed by atoms with Crippen LogP contribution in [0.2, 0.25) is 0 Å². The van der Waals surface area contributed by atoms with Crippen molar-refractivity contribution in [1.82, 2.24) is 14.5 Å². The fourth-order valence-electron chi connectivity index (χ4n) is 2.29. The number of fused-ring (bicyclic) bond motifs is 1. The zero-order valence-corrected chi connectivity index (χ0v) is 10.1. The van der Waals surface area contributed by atoms with Gasteiger partial charge >= 0.3 is 0 Å². The zero-order chi connectivity index (χ0) is 12.4. The maximum Gasteiger partial charge on any atom is 0.242 e. The van der Waals surface area contributed by atoms with Crippen molar-refractivity contribution in [2.24, 2.45) is 0 Å². The number of carbonyl (C=O) groups excluding carboxylic acids is 1. The molecule has 0 radical (unpaired) electrons. The van der Waals surface area contributed by atoms with Gasteiger partial charge in [0.1, 0.15) is 12.3 Å². The molecule has 18 heavy (non-hydrogen) atoms. The Morgan fingerprint density at radius 3 is 3.28 bits per heavy atom. The van der Waals surface area contributed by atoms with Crippen molar-refractivity contribution in [2.45, 2.75) is 25.9 Å². The lowest BCUT2D eigenvalue weighted by molar-refractivity contribution is -0.132. The summed E-state index contributed by atoms with van der Waals surface area (Å²) in [7, 11) is 0. The Morgan fingerprint density at radius 2 is 2.44 bits per heavy atom. The highest BCUT2D eigenvalue weighted by atomic mass is 16.3. The minimum Gasteiger partial charge on any atom is -0.469 e. The Morgan fingerprint density at radius 1 is 1.50 bits per heavy atom. The van der Waals surface area contributed by atoms with Gasteiger partial charge in [0.2, 0.25) is 5.91 Å². The maximum absolute atomic E-state index is 12.2. The predicted octanol–water partition coefficient (Wildman–Crippen LogP) is 1.45. The molecular formula is C13H15N3O2. The molecule has 0 aliphatic carbocycles. The molecule has 94 valence electrons. The van der Waals surface area contributed by atoms with E-state index in [0.29, 0.717) is 13.1 Å². The second-order valence-corrected chi connectivity index (χ2v) is 4.52. The summed E-state index contributed by atoms with van der Waals surface area (Å²) in [6.45, 7) is 1.80. The number of aryl methyl sites for hydroxylation is 1. The second-order valence-electron chi connectivity index (χ2n) is 4.52. The van der Waals surface area contributed by atoms with Crippen molar-refractivity contribution in [1.29, 1.82) is 0 Å². The molecule has 0 atom stereocenters. The van der Waals surface area contributed by atoms with E-state index in [-0.39, 0.29) is 5.91 Å². The van der Waals surface area contributed by atoms with E-state index in [1.807, 2.05) is 11.0 Å². The monoisotopic (exact) mass is 245 g/mol. The molecular weight excluding hydrogens is 230 g/mol. The zero-order valence-electron chi connectivity index (χ0n) is 10.1. The van der Waals surface area contributed by atoms with Crippen LogP contribution < -0.4 is 0 Å². The molecule has 0 saturated carbocycles. The highest BCUT2D eigenvalue weighted by Gasteiger charge is 2.20. The molecule has 0 saturated heterocycles. The second kappa shape index (κ2) is 4.68. The number of hydrogen-bond donors (Lipinski definition) is 0. The van der Waals surface area contributed by atoms with Crippen LogP contribution in [0.1, 0.15) is 17.7 Å². The molecule has 0 bridgehead atoms. The average molecular weight is 245 g/mol. The van der Waals surface area contributed by atoms with Gasteiger partial charge in [0, 0.05) is 37.5 Å². The molecule has 0 unspecified atom stereocenters. The standard InChI is InChI=1S/C13H15N3O2/c17-13(9-15-6-4-14-10-15)16-5-1-2-12-11(8-16)3-7-18-12/h3-4,6-7,10H,1-2,5,8-9H2. The number of aromatic nitrogens is 2. The van der Waals surface area contributed by atoms with E-state index in [1.54, 1.807) is 29.6 Å². The van der Waals surface area contributed by atoms with Gasteiger partial charge in [0.15, 0.2) is 0 Å². The smallest absolute Gasteiger partial charge is 0.242 e. The third kappa shape index (κ3) is 2.16. The number of rotatable bonds is 2. The first-order valence-electron chi connectivity index (χ1n) is 6.12. The Balaban J connectivity index is 1.71. The highest BCUT2D eigenvalue weighted by molar-refractivity contribution is 5.76. The molecule has 0 spiro atoms. The Kier molecular flexibility index (Phi) is 2.88. The molecule has 0 N–H and O–H groups in total. The van der Waals surface area contributed by atoms with E-state index < -0.39 is 0 Å². The van der Waals surface area contributed by atoms with Crippen LogP contribution in [0.5, 0.6) is 0 Å². The van der Waals surface area contributed by atoms with Crippen molar-refractivity contribution < 1.29 is 9.21 Å². The van der Waals surface area contributed by atoms with Gasteiger partial charge in [-0.2, -0.15) is 0 Å². The molecule has 0 aromatic carbocycles. The van der Waals surface area contributed by atoms with E-state index in [2.05, 4.69) is 4.98 Å². The van der Waals surface area contributed by atoms with Gasteiger partial charge in [-0.3, -0.25) is 4.79 Å². The van der Waals surface area contributed by atoms with Crippen LogP contribution in [0, 0.1) is 0 Å². The van der Waals surface area contributed by atoms with Crippen LogP contribution in [0.3, 0.4) is 0 Å². The molecule has 2 aromatic heterocycles. The van der Waals surface area contributed by atoms with Crippen molar-refractivity contribution in [2.75, 3.05) is 6.54 Å². The number of amides is 1. The number of nitrogens with zero attached hydrogens (tertiary/aromatic N) is 3. The van der Waals surface area contributed by atoms with Gasteiger partial charge in [0.25, 0.3) is 0 Å². The van der Waals surface area contributed by atoms with Crippen LogP contribution in [-0.2, 0) is 24.3 Å². The average Bonchev–Trinajstić information content (AvgIpc) is 2.97. The fourth-order valence-corrected chi connectivity index (χ4v) is 2.29. The van der Waals surface area contributed by atoms with E-state index in [1.165, 1.54) is 0 Å². The van der Waals surface area contributed by atoms with E-state index in [9.17, 15) is 4.79 Å². The topological polar surface area (TPSA) is 51.3 Å². The van der Waals surface area contributed by atoms with Gasteiger partial charge in [-0.05, 0) is 12.5 Å². The van der Waals surface area contributed by atoms with Gasteiger partial charge < -0.3 is 13.9 Å². The number of furan rings is 1. The molecule has 5 nitrogen and oxygen atoms in total. The molecule has 1 aliphatic heterocycles. The quantitative estimate of drug-likeness (QED) is 0.804. The molecule has 2 aromatic rings. The normalized spacial score (nSPS) is 15.2. The number of carbonyl (C=O) groups is 1.